The normalized spacial score (nSPS) is 12.9. The maximum absolute atomic E-state index is 10.5. The topological polar surface area (TPSA) is 110 Å². The smallest absolute Gasteiger partial charge is 0.325 e. The molecule has 1 unspecified atom stereocenters. The molecule has 0 aliphatic rings. The Balaban J connectivity index is 2.38. The van der Waals surface area contributed by atoms with Crippen LogP contribution in [0.15, 0.2) is 5.16 Å². The summed E-state index contributed by atoms with van der Waals surface area (Å²) in [6.07, 6.45) is -0.589. The fourth-order valence-corrected chi connectivity index (χ4v) is 1.83. The lowest BCUT2D eigenvalue weighted by Crippen LogP contribution is -2.21. The highest BCUT2D eigenvalue weighted by atomic mass is 32.2. The van der Waals surface area contributed by atoms with Crippen molar-refractivity contribution in [1.29, 1.82) is 0 Å². The molecule has 0 saturated heterocycles. The third-order valence-corrected chi connectivity index (χ3v) is 2.91. The minimum absolute atomic E-state index is 0.0574. The van der Waals surface area contributed by atoms with Crippen LogP contribution < -0.4 is 0 Å². The number of hydrogen-bond donors (Lipinski definition) is 2. The summed E-state index contributed by atoms with van der Waals surface area (Å²) in [5, 5.41) is 29.3. The van der Waals surface area contributed by atoms with Gasteiger partial charge in [0.25, 0.3) is 0 Å². The number of hydrogen-bond acceptors (Lipinski definition) is 7. The summed E-state index contributed by atoms with van der Waals surface area (Å²) in [6.45, 7) is 3.69. The molecule has 0 bridgehead atoms. The number of aliphatic hydroxyl groups is 1. The molecule has 9 heteroatoms. The predicted octanol–water partition coefficient (Wildman–Crippen LogP) is -0.364. The standard InChI is InChI=1S/C9H16N4O4S/c1-6(2)17-4-7(14)5-18-9-10-11-12-13(9)3-8(15)16/h6-7,14H,3-5H2,1-2H3,(H,15,16). The molecule has 1 rings (SSSR count). The van der Waals surface area contributed by atoms with Gasteiger partial charge >= 0.3 is 5.97 Å². The van der Waals surface area contributed by atoms with E-state index in [2.05, 4.69) is 15.5 Å². The Morgan fingerprint density at radius 2 is 2.28 bits per heavy atom. The minimum atomic E-state index is -1.02. The molecule has 1 aromatic rings. The molecular formula is C9H16N4O4S. The second-order valence-corrected chi connectivity index (χ2v) is 4.85. The van der Waals surface area contributed by atoms with Gasteiger partial charge in [0.1, 0.15) is 6.54 Å². The van der Waals surface area contributed by atoms with Gasteiger partial charge in [0.15, 0.2) is 0 Å². The number of aliphatic carboxylic acids is 1. The van der Waals surface area contributed by atoms with Crippen LogP contribution in [0.2, 0.25) is 0 Å². The van der Waals surface area contributed by atoms with Crippen LogP contribution in [0.5, 0.6) is 0 Å². The largest absolute Gasteiger partial charge is 0.480 e. The van der Waals surface area contributed by atoms with E-state index in [1.54, 1.807) is 0 Å². The first-order valence-corrected chi connectivity index (χ1v) is 6.38. The van der Waals surface area contributed by atoms with Gasteiger partial charge in [0.2, 0.25) is 5.16 Å². The molecule has 0 fully saturated rings. The summed E-state index contributed by atoms with van der Waals surface area (Å²) in [5.41, 5.74) is 0. The van der Waals surface area contributed by atoms with Crippen molar-refractivity contribution in [2.24, 2.45) is 0 Å². The maximum Gasteiger partial charge on any atom is 0.325 e. The van der Waals surface area contributed by atoms with Crippen molar-refractivity contribution >= 4 is 17.7 Å². The van der Waals surface area contributed by atoms with Gasteiger partial charge in [-0.2, -0.15) is 0 Å². The molecular weight excluding hydrogens is 260 g/mol. The third kappa shape index (κ3) is 5.43. The lowest BCUT2D eigenvalue weighted by Gasteiger charge is -2.12. The Kier molecular flexibility index (Phi) is 6.02. The van der Waals surface area contributed by atoms with Crippen LogP contribution in [0.3, 0.4) is 0 Å². The third-order valence-electron chi connectivity index (χ3n) is 1.81. The highest BCUT2D eigenvalue weighted by molar-refractivity contribution is 7.99. The Morgan fingerprint density at radius 1 is 1.56 bits per heavy atom. The highest BCUT2D eigenvalue weighted by Crippen LogP contribution is 2.15. The Labute approximate surface area is 108 Å². The number of nitrogens with zero attached hydrogens (tertiary/aromatic N) is 4. The van der Waals surface area contributed by atoms with E-state index in [1.165, 1.54) is 16.4 Å². The lowest BCUT2D eigenvalue weighted by atomic mass is 10.4. The van der Waals surface area contributed by atoms with Crippen molar-refractivity contribution in [3.8, 4) is 0 Å². The monoisotopic (exact) mass is 276 g/mol. The number of carbonyl (C=O) groups is 1. The molecule has 2 N–H and O–H groups in total. The molecule has 18 heavy (non-hydrogen) atoms. The van der Waals surface area contributed by atoms with Gasteiger partial charge in [-0.1, -0.05) is 11.8 Å². The zero-order chi connectivity index (χ0) is 13.5. The Morgan fingerprint density at radius 3 is 2.89 bits per heavy atom. The molecule has 0 saturated carbocycles. The number of tetrazole rings is 1. The molecule has 8 nitrogen and oxygen atoms in total. The summed E-state index contributed by atoms with van der Waals surface area (Å²) >= 11 is 1.19. The summed E-state index contributed by atoms with van der Waals surface area (Å²) in [7, 11) is 0. The fraction of sp³-hybridized carbons (Fsp3) is 0.778. The van der Waals surface area contributed by atoms with E-state index in [-0.39, 0.29) is 19.3 Å². The van der Waals surface area contributed by atoms with Crippen LogP contribution in [0.4, 0.5) is 0 Å². The molecule has 1 atom stereocenters. The van der Waals surface area contributed by atoms with E-state index in [9.17, 15) is 9.90 Å². The van der Waals surface area contributed by atoms with Crippen LogP contribution in [-0.4, -0.2) is 61.0 Å². The van der Waals surface area contributed by atoms with Gasteiger partial charge in [0, 0.05) is 5.75 Å². The van der Waals surface area contributed by atoms with Gasteiger partial charge in [-0.05, 0) is 24.3 Å². The SMILES string of the molecule is CC(C)OCC(O)CSc1nnnn1CC(=O)O. The first-order valence-electron chi connectivity index (χ1n) is 5.39. The second kappa shape index (κ2) is 7.29. The minimum Gasteiger partial charge on any atom is -0.480 e. The van der Waals surface area contributed by atoms with Gasteiger partial charge in [-0.15, -0.1) is 5.10 Å². The fourth-order valence-electron chi connectivity index (χ4n) is 1.05. The van der Waals surface area contributed by atoms with Crippen molar-refractivity contribution in [3.63, 3.8) is 0 Å². The number of rotatable bonds is 8. The van der Waals surface area contributed by atoms with Crippen molar-refractivity contribution in [3.05, 3.63) is 0 Å². The number of ether oxygens (including phenoxy) is 1. The van der Waals surface area contributed by atoms with Crippen molar-refractivity contribution in [2.75, 3.05) is 12.4 Å². The van der Waals surface area contributed by atoms with Crippen molar-refractivity contribution in [2.45, 2.75) is 37.8 Å². The van der Waals surface area contributed by atoms with Gasteiger partial charge in [-0.3, -0.25) is 4.79 Å². The van der Waals surface area contributed by atoms with E-state index in [0.717, 1.165) is 0 Å². The van der Waals surface area contributed by atoms with E-state index < -0.39 is 12.1 Å². The summed E-state index contributed by atoms with van der Waals surface area (Å²) < 4.78 is 6.42. The summed E-state index contributed by atoms with van der Waals surface area (Å²) in [4.78, 5) is 10.5. The number of thioether (sulfide) groups is 1. The summed E-state index contributed by atoms with van der Waals surface area (Å²) in [6, 6.07) is 0. The van der Waals surface area contributed by atoms with Crippen molar-refractivity contribution < 1.29 is 19.7 Å². The molecule has 1 heterocycles. The average Bonchev–Trinajstić information content (AvgIpc) is 2.70. The number of carboxylic acids is 1. The van der Waals surface area contributed by atoms with E-state index >= 15 is 0 Å². The van der Waals surface area contributed by atoms with Gasteiger partial charge in [0.05, 0.1) is 18.8 Å². The Hall–Kier alpha value is -1.19. The number of aliphatic hydroxyl groups excluding tert-OH is 1. The predicted molar refractivity (Wildman–Crippen MR) is 63.3 cm³/mol. The average molecular weight is 276 g/mol. The van der Waals surface area contributed by atoms with Gasteiger partial charge in [-0.25, -0.2) is 4.68 Å². The molecule has 0 radical (unpaired) electrons. The first-order chi connectivity index (χ1) is 8.49. The molecule has 0 aromatic carbocycles. The summed E-state index contributed by atoms with van der Waals surface area (Å²) in [5.74, 6) is -0.681. The maximum atomic E-state index is 10.5. The van der Waals surface area contributed by atoms with Crippen molar-refractivity contribution in [1.82, 2.24) is 20.2 Å². The molecule has 0 amide bonds. The van der Waals surface area contributed by atoms with Crippen LogP contribution >= 0.6 is 11.8 Å². The second-order valence-electron chi connectivity index (χ2n) is 3.86. The van der Waals surface area contributed by atoms with Crippen LogP contribution in [0.25, 0.3) is 0 Å². The molecule has 102 valence electrons. The zero-order valence-corrected chi connectivity index (χ0v) is 11.0. The zero-order valence-electron chi connectivity index (χ0n) is 10.2. The quantitative estimate of drug-likeness (QED) is 0.619. The molecule has 0 aliphatic heterocycles. The number of aromatic nitrogens is 4. The molecule has 1 aromatic heterocycles. The lowest BCUT2D eigenvalue weighted by molar-refractivity contribution is -0.138. The van der Waals surface area contributed by atoms with E-state index in [1.807, 2.05) is 13.8 Å². The van der Waals surface area contributed by atoms with Crippen LogP contribution in [0.1, 0.15) is 13.8 Å². The van der Waals surface area contributed by atoms with Crippen LogP contribution in [0, 0.1) is 0 Å². The van der Waals surface area contributed by atoms with Crippen LogP contribution in [-0.2, 0) is 16.1 Å². The highest BCUT2D eigenvalue weighted by Gasteiger charge is 2.13. The number of carboxylic acid groups (broad SMARTS) is 1. The van der Waals surface area contributed by atoms with Gasteiger partial charge < -0.3 is 14.9 Å². The van der Waals surface area contributed by atoms with E-state index in [0.29, 0.717) is 10.9 Å². The molecule has 0 spiro atoms. The Bertz CT molecular complexity index is 384. The molecule has 0 aliphatic carbocycles. The van der Waals surface area contributed by atoms with E-state index in [4.69, 9.17) is 9.84 Å². The first kappa shape index (κ1) is 14.9.